The summed E-state index contributed by atoms with van der Waals surface area (Å²) in [7, 11) is 0. The predicted molar refractivity (Wildman–Crippen MR) is 185 cm³/mol. The molecule has 0 spiro atoms. The van der Waals surface area contributed by atoms with Gasteiger partial charge in [-0.15, -0.1) is 0 Å². The molecule has 1 aliphatic rings. The van der Waals surface area contributed by atoms with E-state index >= 15 is 0 Å². The van der Waals surface area contributed by atoms with Gasteiger partial charge in [0.05, 0.1) is 22.1 Å². The Hall–Kier alpha value is -5.60. The molecule has 1 atom stereocenters. The average Bonchev–Trinajstić information content (AvgIpc) is 3.73. The van der Waals surface area contributed by atoms with E-state index in [1.165, 1.54) is 82.6 Å². The van der Waals surface area contributed by atoms with Gasteiger partial charge >= 0.3 is 0 Å². The van der Waals surface area contributed by atoms with Crippen LogP contribution in [-0.4, -0.2) is 8.97 Å². The van der Waals surface area contributed by atoms with Crippen molar-refractivity contribution in [3.8, 4) is 16.8 Å². The van der Waals surface area contributed by atoms with Gasteiger partial charge in [0, 0.05) is 44.2 Å². The van der Waals surface area contributed by atoms with Crippen LogP contribution < -0.4 is 0 Å². The molecule has 0 amide bonds. The highest BCUT2D eigenvalue weighted by Crippen LogP contribution is 2.43. The zero-order valence-electron chi connectivity index (χ0n) is 24.1. The molecule has 6 aromatic carbocycles. The molecule has 206 valence electrons. The number of benzene rings is 6. The molecule has 0 bridgehead atoms. The van der Waals surface area contributed by atoms with Gasteiger partial charge in [-0.2, -0.15) is 0 Å². The molecule has 0 N–H and O–H groups in total. The van der Waals surface area contributed by atoms with Crippen molar-refractivity contribution in [2.75, 3.05) is 0 Å². The molecule has 44 heavy (non-hydrogen) atoms. The summed E-state index contributed by atoms with van der Waals surface area (Å²) in [5, 5.41) is 6.71. The van der Waals surface area contributed by atoms with Crippen molar-refractivity contribution < 1.29 is 0 Å². The van der Waals surface area contributed by atoms with Crippen molar-refractivity contribution in [1.82, 2.24) is 8.97 Å². The van der Waals surface area contributed by atoms with Gasteiger partial charge in [0.1, 0.15) is 0 Å². The number of hydrogen-bond donors (Lipinski definition) is 0. The lowest BCUT2D eigenvalue weighted by atomic mass is 9.85. The van der Waals surface area contributed by atoms with Crippen LogP contribution in [0.5, 0.6) is 0 Å². The Bertz CT molecular complexity index is 2480. The van der Waals surface area contributed by atoms with Crippen LogP contribution >= 0.6 is 0 Å². The zero-order chi connectivity index (χ0) is 28.8. The molecule has 0 saturated heterocycles. The fraction of sp³-hybridized carbons (Fsp3) is 0.0476. The molecule has 0 aliphatic heterocycles. The number of aromatic nitrogens is 2. The van der Waals surface area contributed by atoms with E-state index in [0.29, 0.717) is 5.92 Å². The Morgan fingerprint density at radius 1 is 0.500 bits per heavy atom. The highest BCUT2D eigenvalue weighted by Gasteiger charge is 2.25. The largest absolute Gasteiger partial charge is 0.310 e. The molecule has 2 heteroatoms. The molecular weight excluding hydrogens is 532 g/mol. The van der Waals surface area contributed by atoms with Crippen LogP contribution in [0, 0.1) is 0 Å². The third-order valence-corrected chi connectivity index (χ3v) is 9.82. The Kier molecular flexibility index (Phi) is 4.86. The second-order valence-electron chi connectivity index (χ2n) is 12.1. The van der Waals surface area contributed by atoms with Crippen LogP contribution in [0.25, 0.3) is 71.9 Å². The van der Waals surface area contributed by atoms with E-state index in [2.05, 4.69) is 161 Å². The maximum Gasteiger partial charge on any atom is 0.0620 e. The lowest BCUT2D eigenvalue weighted by Crippen LogP contribution is -2.07. The topological polar surface area (TPSA) is 9.34 Å². The lowest BCUT2D eigenvalue weighted by Gasteiger charge is -2.20. The summed E-state index contributed by atoms with van der Waals surface area (Å²) in [5.41, 5.74) is 13.0. The van der Waals surface area contributed by atoms with Gasteiger partial charge < -0.3 is 8.97 Å². The summed E-state index contributed by atoms with van der Waals surface area (Å²) in [6.45, 7) is 0. The minimum atomic E-state index is 0.303. The van der Waals surface area contributed by atoms with E-state index in [1.807, 2.05) is 0 Å². The molecule has 0 fully saturated rings. The molecule has 1 unspecified atom stereocenters. The average molecular weight is 561 g/mol. The SMILES string of the molecule is C1=CC(c2cc3c4ccccc4n4c5ccccc5c(c2)c34)Cc2c1n(-c1ccc(-c3ccccc3)cc1)c1ccccc21. The van der Waals surface area contributed by atoms with Crippen molar-refractivity contribution in [3.05, 3.63) is 162 Å². The first-order chi connectivity index (χ1) is 21.8. The fourth-order valence-electron chi connectivity index (χ4n) is 7.84. The second kappa shape index (κ2) is 8.95. The maximum absolute atomic E-state index is 2.46. The summed E-state index contributed by atoms with van der Waals surface area (Å²) in [5.74, 6) is 0.303. The van der Waals surface area contributed by atoms with E-state index in [1.54, 1.807) is 0 Å². The molecule has 1 aliphatic carbocycles. The standard InChI is InChI=1S/C42H28N2/c1-2-10-27(11-3-1)28-18-21-31(22-19-28)43-38-15-7-4-12-32(38)35-24-29(20-23-41(35)43)30-25-36-33-13-5-8-16-39(33)44-40-17-9-6-14-34(40)37(26-30)42(36)44/h1-23,25-26,29H,24H2. The van der Waals surface area contributed by atoms with E-state index in [-0.39, 0.29) is 0 Å². The van der Waals surface area contributed by atoms with Gasteiger partial charge in [0.15, 0.2) is 0 Å². The highest BCUT2D eigenvalue weighted by atomic mass is 15.0. The van der Waals surface area contributed by atoms with E-state index in [0.717, 1.165) is 6.42 Å². The Morgan fingerprint density at radius 2 is 1.07 bits per heavy atom. The van der Waals surface area contributed by atoms with Gasteiger partial charge in [0.2, 0.25) is 0 Å². The molecule has 0 radical (unpaired) electrons. The minimum Gasteiger partial charge on any atom is -0.310 e. The first-order valence-corrected chi connectivity index (χ1v) is 15.5. The predicted octanol–water partition coefficient (Wildman–Crippen LogP) is 10.8. The van der Waals surface area contributed by atoms with Crippen molar-refractivity contribution in [3.63, 3.8) is 0 Å². The monoisotopic (exact) mass is 560 g/mol. The molecule has 2 nitrogen and oxygen atoms in total. The second-order valence-corrected chi connectivity index (χ2v) is 12.1. The van der Waals surface area contributed by atoms with E-state index in [4.69, 9.17) is 0 Å². The van der Waals surface area contributed by atoms with Crippen molar-refractivity contribution in [1.29, 1.82) is 0 Å². The van der Waals surface area contributed by atoms with Gasteiger partial charge in [0.25, 0.3) is 0 Å². The number of allylic oxidation sites excluding steroid dienone is 1. The maximum atomic E-state index is 2.46. The van der Waals surface area contributed by atoms with Crippen LogP contribution in [0.4, 0.5) is 0 Å². The third kappa shape index (κ3) is 3.25. The Morgan fingerprint density at radius 3 is 1.75 bits per heavy atom. The Balaban J connectivity index is 1.13. The summed E-state index contributed by atoms with van der Waals surface area (Å²) in [6.07, 6.45) is 5.78. The van der Waals surface area contributed by atoms with Crippen LogP contribution in [0.1, 0.15) is 22.7 Å². The van der Waals surface area contributed by atoms with E-state index < -0.39 is 0 Å². The fourth-order valence-corrected chi connectivity index (χ4v) is 7.84. The molecule has 9 aromatic rings. The van der Waals surface area contributed by atoms with Crippen molar-refractivity contribution in [2.24, 2.45) is 0 Å². The van der Waals surface area contributed by atoms with Gasteiger partial charge in [-0.3, -0.25) is 0 Å². The van der Waals surface area contributed by atoms with Crippen molar-refractivity contribution >= 4 is 55.1 Å². The van der Waals surface area contributed by atoms with Crippen LogP contribution in [0.15, 0.2) is 146 Å². The number of para-hydroxylation sites is 3. The van der Waals surface area contributed by atoms with Gasteiger partial charge in [-0.05, 0) is 77.2 Å². The number of fused-ring (bicyclic) bond motifs is 9. The van der Waals surface area contributed by atoms with Crippen LogP contribution in [-0.2, 0) is 6.42 Å². The smallest absolute Gasteiger partial charge is 0.0620 e. The third-order valence-electron chi connectivity index (χ3n) is 9.82. The number of nitrogens with zero attached hydrogens (tertiary/aromatic N) is 2. The molecule has 0 saturated carbocycles. The van der Waals surface area contributed by atoms with Crippen LogP contribution in [0.3, 0.4) is 0 Å². The minimum absolute atomic E-state index is 0.303. The summed E-state index contributed by atoms with van der Waals surface area (Å²) < 4.78 is 4.91. The van der Waals surface area contributed by atoms with Crippen LogP contribution in [0.2, 0.25) is 0 Å². The summed E-state index contributed by atoms with van der Waals surface area (Å²) >= 11 is 0. The summed E-state index contributed by atoms with van der Waals surface area (Å²) in [4.78, 5) is 0. The first kappa shape index (κ1) is 23.9. The first-order valence-electron chi connectivity index (χ1n) is 15.5. The van der Waals surface area contributed by atoms with Crippen molar-refractivity contribution in [2.45, 2.75) is 12.3 Å². The quantitative estimate of drug-likeness (QED) is 0.203. The molecule has 3 aromatic heterocycles. The van der Waals surface area contributed by atoms with Gasteiger partial charge in [-0.1, -0.05) is 103 Å². The summed E-state index contributed by atoms with van der Waals surface area (Å²) in [6, 6.07) is 51.2. The lowest BCUT2D eigenvalue weighted by molar-refractivity contribution is 0.827. The van der Waals surface area contributed by atoms with Gasteiger partial charge in [-0.25, -0.2) is 0 Å². The normalized spacial score (nSPS) is 14.9. The number of rotatable bonds is 3. The zero-order valence-corrected chi connectivity index (χ0v) is 24.1. The highest BCUT2D eigenvalue weighted by molar-refractivity contribution is 6.23. The molecule has 3 heterocycles. The number of hydrogen-bond acceptors (Lipinski definition) is 0. The molecular formula is C42H28N2. The molecule has 10 rings (SSSR count). The Labute approximate surface area is 255 Å². The van der Waals surface area contributed by atoms with E-state index in [9.17, 15) is 0 Å².